The van der Waals surface area contributed by atoms with E-state index in [4.69, 9.17) is 0 Å². The van der Waals surface area contributed by atoms with Gasteiger partial charge in [0.05, 0.1) is 0 Å². The van der Waals surface area contributed by atoms with Crippen LogP contribution in [0.15, 0.2) is 36.7 Å². The molecule has 1 aromatic heterocycles. The highest BCUT2D eigenvalue weighted by molar-refractivity contribution is 5.54. The molecule has 1 fully saturated rings. The number of piperazine rings is 1. The molecule has 1 aliphatic rings. The largest absolute Gasteiger partial charge is 0.406 e. The monoisotopic (exact) mass is 315 g/mol. The molecule has 23 heavy (non-hydrogen) atoms. The Bertz CT molecular complexity index is 662. The van der Waals surface area contributed by atoms with E-state index in [2.05, 4.69) is 39.0 Å². The predicted octanol–water partition coefficient (Wildman–Crippen LogP) is 1.69. The Labute approximate surface area is 135 Å². The zero-order valence-corrected chi connectivity index (χ0v) is 13.3. The second kappa shape index (κ2) is 6.78. The topological polar surface area (TPSA) is 67.4 Å². The third kappa shape index (κ3) is 3.50. The third-order valence-electron chi connectivity index (χ3n) is 4.29. The Kier molecular flexibility index (Phi) is 4.57. The number of nitro groups is 1. The summed E-state index contributed by atoms with van der Waals surface area (Å²) in [4.78, 5) is 19.1. The van der Waals surface area contributed by atoms with Gasteiger partial charge in [0, 0.05) is 39.8 Å². The summed E-state index contributed by atoms with van der Waals surface area (Å²) in [6.45, 7) is 4.42. The Morgan fingerprint density at radius 2 is 1.87 bits per heavy atom. The lowest BCUT2D eigenvalue weighted by atomic mass is 10.1. The maximum atomic E-state index is 11.1. The van der Waals surface area contributed by atoms with Crippen molar-refractivity contribution in [2.24, 2.45) is 7.05 Å². The maximum absolute atomic E-state index is 11.1. The van der Waals surface area contributed by atoms with Crippen LogP contribution in [0.3, 0.4) is 0 Å². The average molecular weight is 315 g/mol. The van der Waals surface area contributed by atoms with Crippen molar-refractivity contribution in [3.63, 3.8) is 0 Å². The highest BCUT2D eigenvalue weighted by Crippen LogP contribution is 2.26. The molecule has 0 N–H and O–H groups in total. The summed E-state index contributed by atoms with van der Waals surface area (Å²) >= 11 is 0. The fourth-order valence-corrected chi connectivity index (χ4v) is 3.02. The molecule has 2 aromatic rings. The number of hydrogen-bond donors (Lipinski definition) is 0. The number of hydrogen-bond acceptors (Lipinski definition) is 5. The number of aromatic nitrogens is 2. The Morgan fingerprint density at radius 1 is 1.17 bits per heavy atom. The lowest BCUT2D eigenvalue weighted by molar-refractivity contribution is -0.388. The molecular formula is C16H21N5O2. The summed E-state index contributed by atoms with van der Waals surface area (Å²) in [6.07, 6.45) is 2.54. The van der Waals surface area contributed by atoms with Gasteiger partial charge in [0.15, 0.2) is 0 Å². The Balaban J connectivity index is 1.56. The zero-order chi connectivity index (χ0) is 16.2. The molecule has 0 radical (unpaired) electrons. The van der Waals surface area contributed by atoms with Gasteiger partial charge in [0.1, 0.15) is 0 Å². The van der Waals surface area contributed by atoms with E-state index in [9.17, 15) is 10.1 Å². The van der Waals surface area contributed by atoms with Crippen molar-refractivity contribution < 1.29 is 4.92 Å². The minimum absolute atomic E-state index is 0.0507. The molecule has 122 valence electrons. The first-order chi connectivity index (χ1) is 11.1. The molecule has 1 aromatic carbocycles. The smallest absolute Gasteiger partial charge is 0.358 e. The molecule has 0 bridgehead atoms. The Morgan fingerprint density at radius 3 is 2.52 bits per heavy atom. The molecular weight excluding hydrogens is 294 g/mol. The zero-order valence-electron chi connectivity index (χ0n) is 13.3. The van der Waals surface area contributed by atoms with Gasteiger partial charge in [-0.3, -0.25) is 9.47 Å². The van der Waals surface area contributed by atoms with Gasteiger partial charge in [-0.1, -0.05) is 30.3 Å². The van der Waals surface area contributed by atoms with E-state index >= 15 is 0 Å². The van der Waals surface area contributed by atoms with Gasteiger partial charge >= 0.3 is 5.82 Å². The molecule has 0 atom stereocenters. The lowest BCUT2D eigenvalue weighted by Gasteiger charge is -2.35. The summed E-state index contributed by atoms with van der Waals surface area (Å²) in [7, 11) is 1.80. The van der Waals surface area contributed by atoms with E-state index in [1.54, 1.807) is 11.6 Å². The van der Waals surface area contributed by atoms with Gasteiger partial charge < -0.3 is 15.0 Å². The quantitative estimate of drug-likeness (QED) is 0.620. The predicted molar refractivity (Wildman–Crippen MR) is 88.7 cm³/mol. The van der Waals surface area contributed by atoms with Crippen molar-refractivity contribution in [2.75, 3.05) is 37.6 Å². The van der Waals surface area contributed by atoms with Gasteiger partial charge in [0.25, 0.3) is 0 Å². The first kappa shape index (κ1) is 15.5. The van der Waals surface area contributed by atoms with Gasteiger partial charge in [-0.05, 0) is 21.9 Å². The summed E-state index contributed by atoms with van der Waals surface area (Å²) in [6, 6.07) is 10.5. The van der Waals surface area contributed by atoms with Crippen LogP contribution in [-0.4, -0.2) is 52.1 Å². The summed E-state index contributed by atoms with van der Waals surface area (Å²) in [5.74, 6) is 0.558. The van der Waals surface area contributed by atoms with E-state index in [0.29, 0.717) is 5.82 Å². The van der Waals surface area contributed by atoms with Crippen LogP contribution in [0.4, 0.5) is 11.6 Å². The molecule has 0 unspecified atom stereocenters. The highest BCUT2D eigenvalue weighted by atomic mass is 16.6. The SMILES string of the molecule is Cn1cnc([N+](=O)[O-])c1N1CCN(CCc2ccccc2)CC1. The van der Waals surface area contributed by atoms with Crippen LogP contribution >= 0.6 is 0 Å². The molecule has 2 heterocycles. The van der Waals surface area contributed by atoms with Crippen LogP contribution < -0.4 is 4.90 Å². The van der Waals surface area contributed by atoms with Crippen molar-refractivity contribution in [2.45, 2.75) is 6.42 Å². The normalized spacial score (nSPS) is 15.8. The molecule has 7 heteroatoms. The van der Waals surface area contributed by atoms with E-state index < -0.39 is 4.92 Å². The highest BCUT2D eigenvalue weighted by Gasteiger charge is 2.28. The molecule has 0 amide bonds. The molecule has 1 aliphatic heterocycles. The van der Waals surface area contributed by atoms with Crippen LogP contribution in [0, 0.1) is 10.1 Å². The fraction of sp³-hybridized carbons (Fsp3) is 0.438. The maximum Gasteiger partial charge on any atom is 0.406 e. The van der Waals surface area contributed by atoms with E-state index in [1.165, 1.54) is 11.9 Å². The van der Waals surface area contributed by atoms with Crippen LogP contribution in [0.1, 0.15) is 5.56 Å². The molecule has 7 nitrogen and oxygen atoms in total. The molecule has 1 saturated heterocycles. The summed E-state index contributed by atoms with van der Waals surface area (Å²) < 4.78 is 1.73. The van der Waals surface area contributed by atoms with Crippen LogP contribution in [-0.2, 0) is 13.5 Å². The Hall–Kier alpha value is -2.41. The lowest BCUT2D eigenvalue weighted by Crippen LogP contribution is -2.47. The molecule has 0 aliphatic carbocycles. The number of imidazole rings is 1. The number of nitrogens with zero attached hydrogens (tertiary/aromatic N) is 5. The summed E-state index contributed by atoms with van der Waals surface area (Å²) in [5.41, 5.74) is 1.34. The van der Waals surface area contributed by atoms with E-state index in [0.717, 1.165) is 39.1 Å². The van der Waals surface area contributed by atoms with Crippen LogP contribution in [0.25, 0.3) is 0 Å². The van der Waals surface area contributed by atoms with E-state index in [1.807, 2.05) is 6.07 Å². The molecule has 0 spiro atoms. The summed E-state index contributed by atoms with van der Waals surface area (Å²) in [5, 5.41) is 11.1. The average Bonchev–Trinajstić information content (AvgIpc) is 2.96. The van der Waals surface area contributed by atoms with Crippen molar-refractivity contribution in [1.82, 2.24) is 14.5 Å². The second-order valence-electron chi connectivity index (χ2n) is 5.82. The number of aryl methyl sites for hydroxylation is 1. The van der Waals surface area contributed by atoms with E-state index in [-0.39, 0.29) is 5.82 Å². The van der Waals surface area contributed by atoms with Gasteiger partial charge in [-0.2, -0.15) is 0 Å². The first-order valence-electron chi connectivity index (χ1n) is 7.82. The van der Waals surface area contributed by atoms with Gasteiger partial charge in [0.2, 0.25) is 12.1 Å². The minimum atomic E-state index is -0.406. The fourth-order valence-electron chi connectivity index (χ4n) is 3.02. The molecule has 0 saturated carbocycles. The van der Waals surface area contributed by atoms with Crippen molar-refractivity contribution >= 4 is 11.6 Å². The van der Waals surface area contributed by atoms with Crippen molar-refractivity contribution in [3.05, 3.63) is 52.3 Å². The number of rotatable bonds is 5. The standard InChI is InChI=1S/C16H21N5O2/c1-18-13-17-15(21(22)23)16(18)20-11-9-19(10-12-20)8-7-14-5-3-2-4-6-14/h2-6,13H,7-12H2,1H3. The first-order valence-corrected chi connectivity index (χ1v) is 7.82. The second-order valence-corrected chi connectivity index (χ2v) is 5.82. The molecule has 3 rings (SSSR count). The van der Waals surface area contributed by atoms with Gasteiger partial charge in [-0.25, -0.2) is 0 Å². The van der Waals surface area contributed by atoms with Crippen molar-refractivity contribution in [3.8, 4) is 0 Å². The van der Waals surface area contributed by atoms with Crippen LogP contribution in [0.2, 0.25) is 0 Å². The van der Waals surface area contributed by atoms with Gasteiger partial charge in [-0.15, -0.1) is 0 Å². The van der Waals surface area contributed by atoms with Crippen LogP contribution in [0.5, 0.6) is 0 Å². The third-order valence-corrected chi connectivity index (χ3v) is 4.29. The van der Waals surface area contributed by atoms with Crippen molar-refractivity contribution in [1.29, 1.82) is 0 Å². The minimum Gasteiger partial charge on any atom is -0.358 e. The number of benzene rings is 1. The number of anilines is 1.